The molecule has 0 spiro atoms. The molecule has 27 heteroatoms. The molecule has 1 heterocycles. The van der Waals surface area contributed by atoms with Gasteiger partial charge in [-0.3, -0.25) is 58.6 Å². The van der Waals surface area contributed by atoms with Gasteiger partial charge in [0.05, 0.1) is 67.8 Å². The van der Waals surface area contributed by atoms with Gasteiger partial charge in [-0.15, -0.1) is 0 Å². The summed E-state index contributed by atoms with van der Waals surface area (Å²) in [6, 6.07) is -10.3. The molecule has 5 amide bonds. The van der Waals surface area contributed by atoms with Crippen LogP contribution in [0, 0.1) is 17.8 Å². The lowest BCUT2D eigenvalue weighted by Gasteiger charge is -2.29. The number of thiol groups is 1. The molecule has 0 saturated heterocycles. The number of H-pyrrole nitrogens is 1. The lowest BCUT2D eigenvalue weighted by Crippen LogP contribution is -2.61. The van der Waals surface area contributed by atoms with Crippen molar-refractivity contribution in [3.05, 3.63) is 18.2 Å². The number of hydrazine groups is 1. The Balaban J connectivity index is 3.43. The number of hydrogen-bond acceptors (Lipinski definition) is 21. The number of aliphatic hydroxyl groups is 1. The van der Waals surface area contributed by atoms with E-state index < -0.39 is 132 Å². The molecule has 26 nitrogen and oxygen atoms in total. The smallest absolute Gasteiger partial charge is 0.245 e. The molecule has 1 rings (SSSR count). The largest absolute Gasteiger partial charge is 0.394 e. The van der Waals surface area contributed by atoms with Crippen LogP contribution in [0.15, 0.2) is 12.5 Å². The molecule has 420 valence electrons. The van der Waals surface area contributed by atoms with Gasteiger partial charge in [-0.05, 0) is 77.4 Å². The molecule has 9 atom stereocenters. The molecular formula is C47H85N15O11S. The molecule has 0 aromatic carbocycles. The summed E-state index contributed by atoms with van der Waals surface area (Å²) in [5.74, 6) is -8.15. The normalized spacial score (nSPS) is 15.3. The van der Waals surface area contributed by atoms with Crippen LogP contribution in [-0.2, 0) is 54.4 Å². The predicted octanol–water partition coefficient (Wildman–Crippen LogP) is -4.38. The number of carbonyl (C=O) groups is 10. The monoisotopic (exact) mass is 1070 g/mol. The molecule has 0 aliphatic heterocycles. The van der Waals surface area contributed by atoms with E-state index in [1.54, 1.807) is 34.9 Å². The second-order valence-corrected chi connectivity index (χ2v) is 19.8. The third kappa shape index (κ3) is 25.0. The molecule has 0 fully saturated rings. The number of aliphatic hydroxyl groups excluding tert-OH is 1. The minimum absolute atomic E-state index is 0.0169. The first-order chi connectivity index (χ1) is 34.8. The summed E-state index contributed by atoms with van der Waals surface area (Å²) in [6.07, 6.45) is 1.23. The highest BCUT2D eigenvalue weighted by Gasteiger charge is 2.36. The van der Waals surface area contributed by atoms with E-state index in [0.29, 0.717) is 12.1 Å². The summed E-state index contributed by atoms with van der Waals surface area (Å²) >= 11 is 4.19. The highest BCUT2D eigenvalue weighted by atomic mass is 32.1. The van der Waals surface area contributed by atoms with Crippen LogP contribution in [-0.4, -0.2) is 174 Å². The van der Waals surface area contributed by atoms with Crippen LogP contribution in [0.5, 0.6) is 0 Å². The molecule has 0 aliphatic carbocycles. The van der Waals surface area contributed by atoms with Gasteiger partial charge in [0.1, 0.15) is 24.4 Å². The Hall–Kier alpha value is -5.10. The Morgan fingerprint density at radius 2 is 1.22 bits per heavy atom. The van der Waals surface area contributed by atoms with E-state index in [-0.39, 0.29) is 75.0 Å². The fourth-order valence-electron chi connectivity index (χ4n) is 7.36. The van der Waals surface area contributed by atoms with Gasteiger partial charge in [-0.1, -0.05) is 41.5 Å². The third-order valence-corrected chi connectivity index (χ3v) is 12.2. The summed E-state index contributed by atoms with van der Waals surface area (Å²) in [5, 5.41) is 31.8. The summed E-state index contributed by atoms with van der Waals surface area (Å²) in [4.78, 5) is 141. The van der Waals surface area contributed by atoms with Crippen LogP contribution in [0.3, 0.4) is 0 Å². The first-order valence-corrected chi connectivity index (χ1v) is 25.6. The number of ketones is 5. The number of likely N-dealkylation sites (N-methyl/N-ethyl adjacent to an activating group) is 2. The second-order valence-electron chi connectivity index (χ2n) is 19.4. The van der Waals surface area contributed by atoms with Crippen LogP contribution in [0.4, 0.5) is 0 Å². The van der Waals surface area contributed by atoms with Gasteiger partial charge in [0.2, 0.25) is 41.1 Å². The van der Waals surface area contributed by atoms with Gasteiger partial charge >= 0.3 is 0 Å². The van der Waals surface area contributed by atoms with Crippen molar-refractivity contribution in [2.75, 3.05) is 39.5 Å². The van der Waals surface area contributed by atoms with Gasteiger partial charge in [-0.2, -0.15) is 12.6 Å². The van der Waals surface area contributed by atoms with Gasteiger partial charge in [0.15, 0.2) is 17.3 Å². The van der Waals surface area contributed by atoms with Crippen molar-refractivity contribution in [2.45, 2.75) is 160 Å². The van der Waals surface area contributed by atoms with Crippen molar-refractivity contribution in [3.8, 4) is 0 Å². The average molecular weight is 1070 g/mol. The maximum absolute atomic E-state index is 14.2. The number of primary amides is 1. The second kappa shape index (κ2) is 35.2. The Kier molecular flexibility index (Phi) is 31.8. The fourth-order valence-corrected chi connectivity index (χ4v) is 7.66. The van der Waals surface area contributed by atoms with Crippen molar-refractivity contribution in [2.24, 2.45) is 35.0 Å². The van der Waals surface area contributed by atoms with E-state index in [0.717, 1.165) is 0 Å². The quantitative estimate of drug-likeness (QED) is 0.00735. The number of amides is 5. The number of nitrogens with two attached hydrogens (primary N) is 3. The highest BCUT2D eigenvalue weighted by molar-refractivity contribution is 7.80. The Bertz CT molecular complexity index is 1980. The van der Waals surface area contributed by atoms with Crippen molar-refractivity contribution in [1.29, 1.82) is 0 Å². The molecule has 1 aromatic rings. The Morgan fingerprint density at radius 1 is 0.662 bits per heavy atom. The lowest BCUT2D eigenvalue weighted by atomic mass is 9.95. The zero-order chi connectivity index (χ0) is 56.2. The molecule has 0 unspecified atom stereocenters. The van der Waals surface area contributed by atoms with Crippen molar-refractivity contribution < 1.29 is 53.1 Å². The Labute approximate surface area is 439 Å². The van der Waals surface area contributed by atoms with E-state index in [2.05, 4.69) is 76.0 Å². The number of aromatic amines is 1. The van der Waals surface area contributed by atoms with Gasteiger partial charge < -0.3 is 59.2 Å². The van der Waals surface area contributed by atoms with Crippen LogP contribution < -0.4 is 70.6 Å². The lowest BCUT2D eigenvalue weighted by molar-refractivity contribution is -0.139. The first-order valence-electron chi connectivity index (χ1n) is 25.0. The average Bonchev–Trinajstić information content (AvgIpc) is 3.86. The number of nitrogens with one attached hydrogen (secondary N) is 11. The number of nitrogens with zero attached hydrogens (tertiary/aromatic N) is 1. The minimum atomic E-state index is -1.45. The van der Waals surface area contributed by atoms with E-state index >= 15 is 0 Å². The standard InChI is InChI=1S/C47H85N15O11S/c1-24(2)15-32(52-9)43(70)59-34(21-63)45(72)57-29(11-10-14-54-47(49)50)36(64)18-37(65)31(17-28-19-53-23-56-28)58-46(73)40(26(5)6)60-44(71)33(16-25(3)4)62-61-30(12-13-39(48)67)41(68)42(69)35(22-74)55-20-38(66)27(7)51-8/h19,23-27,29-35,40,47,51-52,54-55,61-63,74H,10-18,20-22,49-50H2,1-9H3,(H2,48,67)(H,53,56)(H,57,72)(H,58,73)(H,59,70)(H,60,71)/t27-,29-,30-,31-,32-,33-,34-,35-,40-/m0/s1. The zero-order valence-electron chi connectivity index (χ0n) is 44.3. The maximum Gasteiger partial charge on any atom is 0.245 e. The van der Waals surface area contributed by atoms with Crippen molar-refractivity contribution in [1.82, 2.24) is 63.4 Å². The molecular weight excluding hydrogens is 983 g/mol. The van der Waals surface area contributed by atoms with E-state index in [1.807, 2.05) is 27.7 Å². The topological polar surface area (TPSA) is 418 Å². The Morgan fingerprint density at radius 3 is 1.74 bits per heavy atom. The molecule has 74 heavy (non-hydrogen) atoms. The molecule has 0 radical (unpaired) electrons. The molecule has 0 saturated carbocycles. The third-order valence-electron chi connectivity index (χ3n) is 11.8. The molecule has 0 aliphatic rings. The van der Waals surface area contributed by atoms with E-state index in [1.165, 1.54) is 12.5 Å². The summed E-state index contributed by atoms with van der Waals surface area (Å²) in [7, 11) is 3.18. The number of carbonyl (C=O) groups excluding carboxylic acids is 10. The highest BCUT2D eigenvalue weighted by Crippen LogP contribution is 2.13. The van der Waals surface area contributed by atoms with Gasteiger partial charge in [0, 0.05) is 24.8 Å². The predicted molar refractivity (Wildman–Crippen MR) is 279 cm³/mol. The maximum atomic E-state index is 14.2. The number of rotatable bonds is 41. The minimum Gasteiger partial charge on any atom is -0.394 e. The van der Waals surface area contributed by atoms with Crippen LogP contribution in [0.1, 0.15) is 99.1 Å². The zero-order valence-corrected chi connectivity index (χ0v) is 45.2. The summed E-state index contributed by atoms with van der Waals surface area (Å²) in [5.41, 5.74) is 22.5. The number of Topliss-reactive ketones (excluding diaryl/α,β-unsaturated/α-hetero) is 5. The summed E-state index contributed by atoms with van der Waals surface area (Å²) < 4.78 is 0. The molecule has 1 aromatic heterocycles. The number of hydrogen-bond donors (Lipinski definition) is 16. The summed E-state index contributed by atoms with van der Waals surface area (Å²) in [6.45, 7) is 11.6. The van der Waals surface area contributed by atoms with Crippen molar-refractivity contribution >= 4 is 71.1 Å². The van der Waals surface area contributed by atoms with E-state index in [9.17, 15) is 53.1 Å². The van der Waals surface area contributed by atoms with Crippen molar-refractivity contribution in [3.63, 3.8) is 0 Å². The molecule has 0 bridgehead atoms. The van der Waals surface area contributed by atoms with Gasteiger partial charge in [0.25, 0.3) is 0 Å². The van der Waals surface area contributed by atoms with Crippen LogP contribution in [0.25, 0.3) is 0 Å². The van der Waals surface area contributed by atoms with Crippen LogP contribution in [0.2, 0.25) is 0 Å². The molecule has 18 N–H and O–H groups in total. The van der Waals surface area contributed by atoms with E-state index in [4.69, 9.17) is 17.2 Å². The number of imidazole rings is 1. The number of aromatic nitrogens is 2. The first kappa shape index (κ1) is 66.9. The fraction of sp³-hybridized carbons (Fsp3) is 0.723. The van der Waals surface area contributed by atoms with Crippen LogP contribution >= 0.6 is 12.6 Å². The SMILES string of the molecule is CN[C@@H](C)C(=O)CN[C@@H](CS)C(=O)C(=O)[C@H](CCC(N)=O)NN[C@@H](CC(C)C)C(=O)N[C@H](C(=O)N[C@@H](Cc1c[nH]cn1)C(=O)CC(=O)[C@H](CCCNC(N)N)NC(=O)[C@H](CO)NC(=O)[C@H](CC(C)C)NC)C(C)C. The van der Waals surface area contributed by atoms with Gasteiger partial charge in [-0.25, -0.2) is 15.8 Å².